The van der Waals surface area contributed by atoms with Gasteiger partial charge in [-0.15, -0.1) is 11.3 Å². The summed E-state index contributed by atoms with van der Waals surface area (Å²) in [4.78, 5) is 18.9. The predicted molar refractivity (Wildman–Crippen MR) is 98.2 cm³/mol. The van der Waals surface area contributed by atoms with Crippen molar-refractivity contribution in [3.8, 4) is 22.1 Å². The first-order valence-electron chi connectivity index (χ1n) is 8.31. The fourth-order valence-electron chi connectivity index (χ4n) is 2.98. The highest BCUT2D eigenvalue weighted by molar-refractivity contribution is 7.13. The van der Waals surface area contributed by atoms with Crippen molar-refractivity contribution >= 4 is 17.2 Å². The molecule has 0 saturated carbocycles. The van der Waals surface area contributed by atoms with Crippen LogP contribution in [0.2, 0.25) is 0 Å². The molecule has 134 valence electrons. The molecule has 1 aromatic heterocycles. The molecule has 1 fully saturated rings. The minimum absolute atomic E-state index is 0.0856. The number of para-hydroxylation sites is 1. The Morgan fingerprint density at radius 1 is 1.36 bits per heavy atom. The Kier molecular flexibility index (Phi) is 5.55. The lowest BCUT2D eigenvalue weighted by Crippen LogP contribution is -2.41. The first-order valence-corrected chi connectivity index (χ1v) is 9.19. The minimum atomic E-state index is -0.140. The monoisotopic (exact) mass is 361 g/mol. The summed E-state index contributed by atoms with van der Waals surface area (Å²) in [6.45, 7) is 4.23. The van der Waals surface area contributed by atoms with Gasteiger partial charge in [0.1, 0.15) is 5.01 Å². The number of thiazole rings is 1. The lowest BCUT2D eigenvalue weighted by Gasteiger charge is -2.24. The summed E-state index contributed by atoms with van der Waals surface area (Å²) < 4.78 is 10.9. The molecule has 2 aromatic rings. The first-order chi connectivity index (χ1) is 12.1. The number of ether oxygens (including phenoxy) is 2. The van der Waals surface area contributed by atoms with Crippen molar-refractivity contribution in [3.63, 3.8) is 0 Å². The van der Waals surface area contributed by atoms with Gasteiger partial charge < -0.3 is 14.8 Å². The summed E-state index contributed by atoms with van der Waals surface area (Å²) >= 11 is 1.57. The van der Waals surface area contributed by atoms with Gasteiger partial charge in [0, 0.05) is 25.0 Å². The normalized spacial score (nSPS) is 18.5. The highest BCUT2D eigenvalue weighted by Gasteiger charge is 2.24. The van der Waals surface area contributed by atoms with Crippen LogP contribution in [0, 0.1) is 0 Å². The van der Waals surface area contributed by atoms with Crippen LogP contribution in [0.15, 0.2) is 23.6 Å². The third kappa shape index (κ3) is 3.77. The standard InChI is InChI=1S/C18H23N3O3S/c1-12-17(22)19-8-5-9-21(12)10-13-11-25-18(20-13)14-6-4-7-15(23-2)16(14)24-3/h4,6-7,11-12H,5,8-10H2,1-3H3,(H,19,22). The van der Waals surface area contributed by atoms with E-state index in [0.29, 0.717) is 18.0 Å². The molecule has 1 atom stereocenters. The molecule has 1 saturated heterocycles. The average Bonchev–Trinajstić information content (AvgIpc) is 3.04. The van der Waals surface area contributed by atoms with E-state index in [4.69, 9.17) is 14.5 Å². The van der Waals surface area contributed by atoms with Crippen molar-refractivity contribution in [3.05, 3.63) is 29.3 Å². The van der Waals surface area contributed by atoms with Crippen molar-refractivity contribution in [2.75, 3.05) is 27.3 Å². The lowest BCUT2D eigenvalue weighted by molar-refractivity contribution is -0.125. The van der Waals surface area contributed by atoms with Gasteiger partial charge in [-0.05, 0) is 25.5 Å². The smallest absolute Gasteiger partial charge is 0.237 e. The molecule has 1 N–H and O–H groups in total. The van der Waals surface area contributed by atoms with Crippen LogP contribution >= 0.6 is 11.3 Å². The Hall–Kier alpha value is -2.12. The van der Waals surface area contributed by atoms with E-state index in [1.165, 1.54) is 0 Å². The number of carbonyl (C=O) groups is 1. The van der Waals surface area contributed by atoms with Crippen LogP contribution < -0.4 is 14.8 Å². The van der Waals surface area contributed by atoms with Crippen molar-refractivity contribution in [1.82, 2.24) is 15.2 Å². The molecule has 6 nitrogen and oxygen atoms in total. The molecule has 1 unspecified atom stereocenters. The number of methoxy groups -OCH3 is 2. The molecule has 0 bridgehead atoms. The van der Waals surface area contributed by atoms with Gasteiger partial charge in [-0.3, -0.25) is 9.69 Å². The highest BCUT2D eigenvalue weighted by Crippen LogP contribution is 2.39. The Labute approximate surface area is 151 Å². The minimum Gasteiger partial charge on any atom is -0.493 e. The molecule has 1 amide bonds. The van der Waals surface area contributed by atoms with E-state index < -0.39 is 0 Å². The summed E-state index contributed by atoms with van der Waals surface area (Å²) in [5.41, 5.74) is 1.88. The topological polar surface area (TPSA) is 63.7 Å². The van der Waals surface area contributed by atoms with E-state index in [9.17, 15) is 4.79 Å². The van der Waals surface area contributed by atoms with E-state index >= 15 is 0 Å². The molecular formula is C18H23N3O3S. The molecular weight excluding hydrogens is 338 g/mol. The van der Waals surface area contributed by atoms with E-state index in [1.54, 1.807) is 25.6 Å². The van der Waals surface area contributed by atoms with Gasteiger partial charge in [0.2, 0.25) is 5.91 Å². The van der Waals surface area contributed by atoms with Crippen LogP contribution in [0.5, 0.6) is 11.5 Å². The molecule has 1 aliphatic rings. The fraction of sp³-hybridized carbons (Fsp3) is 0.444. The molecule has 25 heavy (non-hydrogen) atoms. The van der Waals surface area contributed by atoms with Crippen LogP contribution in [0.25, 0.3) is 10.6 Å². The SMILES string of the molecule is COc1cccc(-c2nc(CN3CCCNC(=O)C3C)cs2)c1OC. The van der Waals surface area contributed by atoms with E-state index in [2.05, 4.69) is 10.2 Å². The van der Waals surface area contributed by atoms with Gasteiger partial charge in [0.25, 0.3) is 0 Å². The largest absolute Gasteiger partial charge is 0.493 e. The lowest BCUT2D eigenvalue weighted by atomic mass is 10.2. The van der Waals surface area contributed by atoms with Crippen LogP contribution in [-0.4, -0.2) is 49.1 Å². The van der Waals surface area contributed by atoms with Crippen LogP contribution in [0.1, 0.15) is 19.0 Å². The predicted octanol–water partition coefficient (Wildman–Crippen LogP) is 2.54. The molecule has 0 spiro atoms. The number of aromatic nitrogens is 1. The molecule has 7 heteroatoms. The summed E-state index contributed by atoms with van der Waals surface area (Å²) in [5, 5.41) is 5.87. The van der Waals surface area contributed by atoms with Gasteiger partial charge in [0.05, 0.1) is 31.5 Å². The number of nitrogens with zero attached hydrogens (tertiary/aromatic N) is 2. The third-order valence-electron chi connectivity index (χ3n) is 4.40. The summed E-state index contributed by atoms with van der Waals surface area (Å²) in [6, 6.07) is 5.64. The number of hydrogen-bond acceptors (Lipinski definition) is 6. The van der Waals surface area contributed by atoms with Crippen molar-refractivity contribution in [2.24, 2.45) is 0 Å². The van der Waals surface area contributed by atoms with Gasteiger partial charge >= 0.3 is 0 Å². The number of benzene rings is 1. The van der Waals surface area contributed by atoms with Crippen molar-refractivity contribution in [1.29, 1.82) is 0 Å². The second-order valence-electron chi connectivity index (χ2n) is 5.98. The van der Waals surface area contributed by atoms with Gasteiger partial charge in [-0.25, -0.2) is 4.98 Å². The highest BCUT2D eigenvalue weighted by atomic mass is 32.1. The summed E-state index contributed by atoms with van der Waals surface area (Å²) in [7, 11) is 3.26. The Bertz CT molecular complexity index is 747. The van der Waals surface area contributed by atoms with Gasteiger partial charge in [-0.1, -0.05) is 6.07 Å². The molecule has 1 aromatic carbocycles. The van der Waals surface area contributed by atoms with E-state index in [0.717, 1.165) is 35.8 Å². The number of carbonyl (C=O) groups excluding carboxylic acids is 1. The average molecular weight is 361 g/mol. The molecule has 2 heterocycles. The zero-order valence-corrected chi connectivity index (χ0v) is 15.6. The second-order valence-corrected chi connectivity index (χ2v) is 6.83. The van der Waals surface area contributed by atoms with Gasteiger partial charge in [0.15, 0.2) is 11.5 Å². The maximum Gasteiger partial charge on any atom is 0.237 e. The maximum absolute atomic E-state index is 12.0. The van der Waals surface area contributed by atoms with E-state index in [-0.39, 0.29) is 11.9 Å². The zero-order valence-electron chi connectivity index (χ0n) is 14.7. The Morgan fingerprint density at radius 2 is 2.20 bits per heavy atom. The molecule has 3 rings (SSSR count). The number of hydrogen-bond donors (Lipinski definition) is 1. The zero-order chi connectivity index (χ0) is 17.8. The van der Waals surface area contributed by atoms with Crippen LogP contribution in [0.4, 0.5) is 0 Å². The molecule has 0 aliphatic carbocycles. The van der Waals surface area contributed by atoms with Crippen molar-refractivity contribution < 1.29 is 14.3 Å². The second kappa shape index (κ2) is 7.84. The van der Waals surface area contributed by atoms with Crippen molar-refractivity contribution in [2.45, 2.75) is 25.9 Å². The van der Waals surface area contributed by atoms with E-state index in [1.807, 2.05) is 30.5 Å². The molecule has 0 radical (unpaired) electrons. The molecule has 1 aliphatic heterocycles. The number of rotatable bonds is 5. The first kappa shape index (κ1) is 17.7. The summed E-state index contributed by atoms with van der Waals surface area (Å²) in [6.07, 6.45) is 0.955. The third-order valence-corrected chi connectivity index (χ3v) is 5.32. The quantitative estimate of drug-likeness (QED) is 0.887. The number of nitrogens with one attached hydrogen (secondary N) is 1. The fourth-order valence-corrected chi connectivity index (χ4v) is 3.82. The summed E-state index contributed by atoms with van der Waals surface area (Å²) in [5.74, 6) is 1.46. The Balaban J connectivity index is 1.82. The number of amides is 1. The van der Waals surface area contributed by atoms with Crippen LogP contribution in [0.3, 0.4) is 0 Å². The Morgan fingerprint density at radius 3 is 2.96 bits per heavy atom. The van der Waals surface area contributed by atoms with Gasteiger partial charge in [-0.2, -0.15) is 0 Å². The maximum atomic E-state index is 12.0. The van der Waals surface area contributed by atoms with Crippen LogP contribution in [-0.2, 0) is 11.3 Å².